The number of thiazole rings is 1. The third kappa shape index (κ3) is 2.01. The van der Waals surface area contributed by atoms with Crippen molar-refractivity contribution >= 4 is 27.9 Å². The molecule has 1 heterocycles. The van der Waals surface area contributed by atoms with Gasteiger partial charge in [0.05, 0.1) is 5.01 Å². The lowest BCUT2D eigenvalue weighted by molar-refractivity contribution is 1.16. The quantitative estimate of drug-likeness (QED) is 0.745. The Kier molecular flexibility index (Phi) is 2.53. The normalized spacial score (nSPS) is 10.8. The summed E-state index contributed by atoms with van der Waals surface area (Å²) in [5, 5.41) is 5.53. The average Bonchev–Trinajstić information content (AvgIpc) is 2.75. The van der Waals surface area contributed by atoms with Gasteiger partial charge in [0.1, 0.15) is 5.82 Å². The second-order valence-corrected chi connectivity index (χ2v) is 4.92. The van der Waals surface area contributed by atoms with Crippen molar-refractivity contribution in [2.75, 3.05) is 5.73 Å². The zero-order valence-electron chi connectivity index (χ0n) is 9.26. The van der Waals surface area contributed by atoms with Gasteiger partial charge in [0, 0.05) is 11.8 Å². The van der Waals surface area contributed by atoms with Crippen LogP contribution in [0.1, 0.15) is 10.6 Å². The molecule has 0 radical (unpaired) electrons. The van der Waals surface area contributed by atoms with Gasteiger partial charge >= 0.3 is 0 Å². The van der Waals surface area contributed by atoms with E-state index in [1.807, 2.05) is 5.38 Å². The van der Waals surface area contributed by atoms with Crippen LogP contribution in [0.4, 0.5) is 5.82 Å². The van der Waals surface area contributed by atoms with Crippen molar-refractivity contribution in [1.29, 1.82) is 0 Å². The summed E-state index contributed by atoms with van der Waals surface area (Å²) in [6.07, 6.45) is 0.850. The standard InChI is InChI=1S/C14H12N2S/c15-13-9-17-14(16-13)8-11-6-3-5-10-4-1-2-7-12(10)11/h1-7,9H,8,15H2. The number of hydrogen-bond donors (Lipinski definition) is 1. The third-order valence-corrected chi connectivity index (χ3v) is 3.66. The Morgan fingerprint density at radius 1 is 1.06 bits per heavy atom. The Labute approximate surface area is 104 Å². The van der Waals surface area contributed by atoms with Gasteiger partial charge < -0.3 is 5.73 Å². The van der Waals surface area contributed by atoms with E-state index in [2.05, 4.69) is 47.4 Å². The summed E-state index contributed by atoms with van der Waals surface area (Å²) in [7, 11) is 0. The number of anilines is 1. The highest BCUT2D eigenvalue weighted by molar-refractivity contribution is 7.10. The van der Waals surface area contributed by atoms with Gasteiger partial charge in [0.25, 0.3) is 0 Å². The number of nitrogens with zero attached hydrogens (tertiary/aromatic N) is 1. The number of aromatic nitrogens is 1. The molecule has 0 bridgehead atoms. The van der Waals surface area contributed by atoms with Crippen molar-refractivity contribution < 1.29 is 0 Å². The van der Waals surface area contributed by atoms with Crippen molar-refractivity contribution in [3.05, 3.63) is 58.4 Å². The summed E-state index contributed by atoms with van der Waals surface area (Å²) < 4.78 is 0. The van der Waals surface area contributed by atoms with Crippen LogP contribution in [0.5, 0.6) is 0 Å². The molecule has 0 amide bonds. The number of benzene rings is 2. The Balaban J connectivity index is 2.05. The highest BCUT2D eigenvalue weighted by atomic mass is 32.1. The summed E-state index contributed by atoms with van der Waals surface area (Å²) in [6, 6.07) is 14.8. The molecule has 0 spiro atoms. The van der Waals surface area contributed by atoms with Crippen molar-refractivity contribution in [2.45, 2.75) is 6.42 Å². The summed E-state index contributed by atoms with van der Waals surface area (Å²) in [4.78, 5) is 4.31. The number of nitrogens with two attached hydrogens (primary N) is 1. The van der Waals surface area contributed by atoms with Crippen LogP contribution in [0.3, 0.4) is 0 Å². The Morgan fingerprint density at radius 3 is 2.71 bits per heavy atom. The number of nitrogen functional groups attached to an aromatic ring is 1. The van der Waals surface area contributed by atoms with E-state index in [4.69, 9.17) is 5.73 Å². The predicted molar refractivity (Wildman–Crippen MR) is 73.3 cm³/mol. The lowest BCUT2D eigenvalue weighted by atomic mass is 10.0. The number of rotatable bonds is 2. The summed E-state index contributed by atoms with van der Waals surface area (Å²) >= 11 is 1.62. The van der Waals surface area contributed by atoms with Crippen LogP contribution >= 0.6 is 11.3 Å². The average molecular weight is 240 g/mol. The number of hydrogen-bond acceptors (Lipinski definition) is 3. The monoisotopic (exact) mass is 240 g/mol. The molecular formula is C14H12N2S. The first kappa shape index (κ1) is 10.3. The van der Waals surface area contributed by atoms with E-state index in [1.54, 1.807) is 11.3 Å². The molecule has 17 heavy (non-hydrogen) atoms. The summed E-state index contributed by atoms with van der Waals surface area (Å²) in [6.45, 7) is 0. The van der Waals surface area contributed by atoms with Gasteiger partial charge in [0.15, 0.2) is 0 Å². The summed E-state index contributed by atoms with van der Waals surface area (Å²) in [5.74, 6) is 0.616. The second kappa shape index (κ2) is 4.18. The van der Waals surface area contributed by atoms with Gasteiger partial charge in [-0.05, 0) is 16.3 Å². The van der Waals surface area contributed by atoms with Gasteiger partial charge in [-0.15, -0.1) is 11.3 Å². The van der Waals surface area contributed by atoms with Crippen LogP contribution in [0, 0.1) is 0 Å². The minimum atomic E-state index is 0.616. The molecule has 3 heteroatoms. The number of fused-ring (bicyclic) bond motifs is 1. The van der Waals surface area contributed by atoms with E-state index < -0.39 is 0 Å². The minimum absolute atomic E-state index is 0.616. The zero-order chi connectivity index (χ0) is 11.7. The molecule has 0 unspecified atom stereocenters. The Hall–Kier alpha value is -1.87. The molecule has 2 nitrogen and oxygen atoms in total. The van der Waals surface area contributed by atoms with Crippen LogP contribution < -0.4 is 5.73 Å². The van der Waals surface area contributed by atoms with Crippen molar-refractivity contribution in [3.8, 4) is 0 Å². The molecule has 0 atom stereocenters. The van der Waals surface area contributed by atoms with Crippen LogP contribution in [-0.2, 0) is 6.42 Å². The molecule has 84 valence electrons. The van der Waals surface area contributed by atoms with E-state index in [0.29, 0.717) is 5.82 Å². The second-order valence-electron chi connectivity index (χ2n) is 3.98. The maximum Gasteiger partial charge on any atom is 0.134 e. The van der Waals surface area contributed by atoms with Crippen molar-refractivity contribution in [2.24, 2.45) is 0 Å². The van der Waals surface area contributed by atoms with Crippen LogP contribution in [0.2, 0.25) is 0 Å². The van der Waals surface area contributed by atoms with Gasteiger partial charge in [0.2, 0.25) is 0 Å². The van der Waals surface area contributed by atoms with Crippen LogP contribution in [0.25, 0.3) is 10.8 Å². The highest BCUT2D eigenvalue weighted by Gasteiger charge is 2.04. The molecule has 0 fully saturated rings. The van der Waals surface area contributed by atoms with Gasteiger partial charge in [-0.1, -0.05) is 42.5 Å². The van der Waals surface area contributed by atoms with Gasteiger partial charge in [-0.25, -0.2) is 4.98 Å². The lowest BCUT2D eigenvalue weighted by Crippen LogP contribution is -1.90. The lowest BCUT2D eigenvalue weighted by Gasteiger charge is -2.04. The van der Waals surface area contributed by atoms with E-state index in [1.165, 1.54) is 16.3 Å². The first-order valence-corrected chi connectivity index (χ1v) is 6.37. The zero-order valence-corrected chi connectivity index (χ0v) is 10.1. The van der Waals surface area contributed by atoms with Crippen molar-refractivity contribution in [1.82, 2.24) is 4.98 Å². The molecule has 0 aliphatic carbocycles. The van der Waals surface area contributed by atoms with E-state index in [-0.39, 0.29) is 0 Å². The molecule has 1 aromatic heterocycles. The SMILES string of the molecule is Nc1csc(Cc2cccc3ccccc23)n1. The molecular weight excluding hydrogens is 228 g/mol. The molecule has 0 aliphatic heterocycles. The van der Waals surface area contributed by atoms with E-state index in [9.17, 15) is 0 Å². The van der Waals surface area contributed by atoms with Gasteiger partial charge in [-0.2, -0.15) is 0 Å². The first-order valence-electron chi connectivity index (χ1n) is 5.49. The maximum atomic E-state index is 5.64. The van der Waals surface area contributed by atoms with Crippen LogP contribution in [-0.4, -0.2) is 4.98 Å². The Morgan fingerprint density at radius 2 is 1.88 bits per heavy atom. The molecule has 3 aromatic rings. The van der Waals surface area contributed by atoms with E-state index in [0.717, 1.165) is 11.4 Å². The fourth-order valence-electron chi connectivity index (χ4n) is 2.02. The molecule has 0 aliphatic rings. The first-order chi connectivity index (χ1) is 8.33. The fraction of sp³-hybridized carbons (Fsp3) is 0.0714. The largest absolute Gasteiger partial charge is 0.383 e. The Bertz CT molecular complexity index is 653. The molecule has 3 rings (SSSR count). The minimum Gasteiger partial charge on any atom is -0.383 e. The smallest absolute Gasteiger partial charge is 0.134 e. The fourth-order valence-corrected chi connectivity index (χ4v) is 2.72. The van der Waals surface area contributed by atoms with Crippen molar-refractivity contribution in [3.63, 3.8) is 0 Å². The van der Waals surface area contributed by atoms with Crippen LogP contribution in [0.15, 0.2) is 47.8 Å². The van der Waals surface area contributed by atoms with Gasteiger partial charge in [-0.3, -0.25) is 0 Å². The molecule has 2 N–H and O–H groups in total. The highest BCUT2D eigenvalue weighted by Crippen LogP contribution is 2.22. The summed E-state index contributed by atoms with van der Waals surface area (Å²) in [5.41, 5.74) is 6.95. The maximum absolute atomic E-state index is 5.64. The third-order valence-electron chi connectivity index (χ3n) is 2.79. The molecule has 2 aromatic carbocycles. The molecule has 0 saturated carbocycles. The molecule has 0 saturated heterocycles. The topological polar surface area (TPSA) is 38.9 Å². The van der Waals surface area contributed by atoms with E-state index >= 15 is 0 Å². The predicted octanol–water partition coefficient (Wildman–Crippen LogP) is 3.47.